The van der Waals surface area contributed by atoms with Gasteiger partial charge in [0.2, 0.25) is 0 Å². The third kappa shape index (κ3) is 6.61. The first-order valence-electron chi connectivity index (χ1n) is 10.6. The molecule has 33 heavy (non-hydrogen) atoms. The molecule has 0 saturated heterocycles. The first-order valence-corrected chi connectivity index (χ1v) is 10.6. The highest BCUT2D eigenvalue weighted by molar-refractivity contribution is 6.00. The van der Waals surface area contributed by atoms with Gasteiger partial charge >= 0.3 is 0 Å². The largest absolute Gasteiger partial charge is 0.395 e. The third-order valence-corrected chi connectivity index (χ3v) is 4.93. The van der Waals surface area contributed by atoms with E-state index >= 15 is 0 Å². The average Bonchev–Trinajstić information content (AvgIpc) is 2.82. The van der Waals surface area contributed by atoms with Gasteiger partial charge < -0.3 is 15.1 Å². The van der Waals surface area contributed by atoms with Gasteiger partial charge in [-0.05, 0) is 67.9 Å². The maximum Gasteiger partial charge on any atom is 0.162 e. The zero-order valence-corrected chi connectivity index (χ0v) is 18.7. The summed E-state index contributed by atoms with van der Waals surface area (Å²) in [6.07, 6.45) is 0. The molecule has 0 aliphatic carbocycles. The lowest BCUT2D eigenvalue weighted by Crippen LogP contribution is -2.30. The number of carbonyl (C=O) groups excluding carboxylic acids is 1. The Kier molecular flexibility index (Phi) is 8.51. The number of anilines is 1. The molecular weight excluding hydrogens is 418 g/mol. The molecular formula is C25H27N5O3. The highest BCUT2D eigenvalue weighted by Crippen LogP contribution is 2.31. The lowest BCUT2D eigenvalue weighted by molar-refractivity contribution is 0.101. The Labute approximate surface area is 193 Å². The first-order chi connectivity index (χ1) is 16.0. The van der Waals surface area contributed by atoms with Crippen LogP contribution in [0.4, 0.5) is 28.4 Å². The van der Waals surface area contributed by atoms with Gasteiger partial charge in [-0.3, -0.25) is 4.79 Å². The van der Waals surface area contributed by atoms with Crippen LogP contribution in [0.25, 0.3) is 0 Å². The Morgan fingerprint density at radius 2 is 1.30 bits per heavy atom. The molecule has 0 radical (unpaired) electrons. The molecule has 8 nitrogen and oxygen atoms in total. The van der Waals surface area contributed by atoms with Crippen molar-refractivity contribution in [1.29, 1.82) is 0 Å². The molecule has 0 bridgehead atoms. The number of aliphatic hydroxyl groups is 2. The molecule has 0 aromatic heterocycles. The van der Waals surface area contributed by atoms with Crippen molar-refractivity contribution in [2.45, 2.75) is 13.8 Å². The molecule has 170 valence electrons. The summed E-state index contributed by atoms with van der Waals surface area (Å²) >= 11 is 0. The van der Waals surface area contributed by atoms with Crippen molar-refractivity contribution in [1.82, 2.24) is 0 Å². The SMILES string of the molecule is CC(=O)c1cc(N(CCO)CCO)c(C)cc1N=Nc1ccc(N=Nc2ccccc2)cc1. The quantitative estimate of drug-likeness (QED) is 0.303. The molecule has 0 fully saturated rings. The molecule has 0 amide bonds. The minimum absolute atomic E-state index is 0.0583. The highest BCUT2D eigenvalue weighted by atomic mass is 16.3. The van der Waals surface area contributed by atoms with E-state index in [1.807, 2.05) is 42.2 Å². The van der Waals surface area contributed by atoms with Crippen molar-refractivity contribution in [3.8, 4) is 0 Å². The van der Waals surface area contributed by atoms with Gasteiger partial charge in [0.15, 0.2) is 5.78 Å². The molecule has 3 aromatic rings. The van der Waals surface area contributed by atoms with Crippen molar-refractivity contribution >= 4 is 34.2 Å². The number of rotatable bonds is 10. The van der Waals surface area contributed by atoms with Crippen LogP contribution in [0.2, 0.25) is 0 Å². The summed E-state index contributed by atoms with van der Waals surface area (Å²) in [6.45, 7) is 3.96. The molecule has 0 aliphatic heterocycles. The Bertz CT molecular complexity index is 1120. The Balaban J connectivity index is 1.81. The number of aryl methyl sites for hydroxylation is 1. The standard InChI is InChI=1S/C25H27N5O3/c1-18-16-24(23(19(2)33)17-25(18)30(12-14-31)13-15-32)29-28-22-10-8-21(9-11-22)27-26-20-6-4-3-5-7-20/h3-11,16-17,31-32H,12-15H2,1-2H3. The molecule has 0 spiro atoms. The van der Waals surface area contributed by atoms with Gasteiger partial charge in [0.05, 0.1) is 36.0 Å². The van der Waals surface area contributed by atoms with Crippen LogP contribution in [0.3, 0.4) is 0 Å². The van der Waals surface area contributed by atoms with Crippen LogP contribution >= 0.6 is 0 Å². The number of hydrogen-bond donors (Lipinski definition) is 2. The Morgan fingerprint density at radius 3 is 1.82 bits per heavy atom. The summed E-state index contributed by atoms with van der Waals surface area (Å²) in [5.74, 6) is -0.144. The number of nitrogens with zero attached hydrogens (tertiary/aromatic N) is 5. The van der Waals surface area contributed by atoms with Crippen LogP contribution in [0.15, 0.2) is 87.2 Å². The van der Waals surface area contributed by atoms with E-state index in [1.165, 1.54) is 6.92 Å². The fourth-order valence-electron chi connectivity index (χ4n) is 3.29. The normalized spacial score (nSPS) is 11.4. The number of azo groups is 2. The van der Waals surface area contributed by atoms with E-state index in [4.69, 9.17) is 0 Å². The number of Topliss-reactive ketones (excluding diaryl/α,β-unsaturated/α-hetero) is 1. The molecule has 3 rings (SSSR count). The van der Waals surface area contributed by atoms with Crippen molar-refractivity contribution in [2.24, 2.45) is 20.5 Å². The maximum atomic E-state index is 12.3. The minimum Gasteiger partial charge on any atom is -0.395 e. The topological polar surface area (TPSA) is 110 Å². The predicted molar refractivity (Wildman–Crippen MR) is 129 cm³/mol. The summed E-state index contributed by atoms with van der Waals surface area (Å²) in [7, 11) is 0. The number of hydrogen-bond acceptors (Lipinski definition) is 8. The zero-order chi connectivity index (χ0) is 23.6. The molecule has 0 saturated carbocycles. The molecule has 2 N–H and O–H groups in total. The van der Waals surface area contributed by atoms with Crippen molar-refractivity contribution in [2.75, 3.05) is 31.2 Å². The fourth-order valence-corrected chi connectivity index (χ4v) is 3.29. The predicted octanol–water partition coefficient (Wildman–Crippen LogP) is 5.82. The van der Waals surface area contributed by atoms with Crippen molar-refractivity contribution in [3.63, 3.8) is 0 Å². The van der Waals surface area contributed by atoms with Gasteiger partial charge in [0.25, 0.3) is 0 Å². The van der Waals surface area contributed by atoms with E-state index in [-0.39, 0.29) is 19.0 Å². The number of benzene rings is 3. The van der Waals surface area contributed by atoms with Crippen LogP contribution in [0.1, 0.15) is 22.8 Å². The monoisotopic (exact) mass is 445 g/mol. The van der Waals surface area contributed by atoms with E-state index in [0.717, 1.165) is 16.9 Å². The van der Waals surface area contributed by atoms with Gasteiger partial charge in [0.1, 0.15) is 0 Å². The van der Waals surface area contributed by atoms with E-state index in [1.54, 1.807) is 36.4 Å². The molecule has 0 atom stereocenters. The van der Waals surface area contributed by atoms with Gasteiger partial charge in [0, 0.05) is 24.3 Å². The number of carbonyl (C=O) groups is 1. The number of aliphatic hydroxyl groups excluding tert-OH is 2. The van der Waals surface area contributed by atoms with Crippen LogP contribution in [-0.2, 0) is 0 Å². The summed E-state index contributed by atoms with van der Waals surface area (Å²) < 4.78 is 0. The molecule has 8 heteroatoms. The van der Waals surface area contributed by atoms with E-state index in [0.29, 0.717) is 35.7 Å². The smallest absolute Gasteiger partial charge is 0.162 e. The lowest BCUT2D eigenvalue weighted by atomic mass is 10.0. The van der Waals surface area contributed by atoms with Gasteiger partial charge in [-0.15, -0.1) is 5.11 Å². The molecule has 0 aliphatic rings. The first kappa shape index (κ1) is 23.9. The molecule has 0 unspecified atom stereocenters. The third-order valence-electron chi connectivity index (χ3n) is 4.93. The second-order valence-electron chi connectivity index (χ2n) is 7.40. The Hall–Kier alpha value is -3.75. The summed E-state index contributed by atoms with van der Waals surface area (Å²) in [5, 5.41) is 35.6. The van der Waals surface area contributed by atoms with Crippen molar-refractivity contribution < 1.29 is 15.0 Å². The van der Waals surface area contributed by atoms with E-state index in [9.17, 15) is 15.0 Å². The van der Waals surface area contributed by atoms with Crippen LogP contribution in [0, 0.1) is 6.92 Å². The second kappa shape index (κ2) is 11.8. The fraction of sp³-hybridized carbons (Fsp3) is 0.240. The summed E-state index contributed by atoms with van der Waals surface area (Å²) in [6, 6.07) is 20.2. The Morgan fingerprint density at radius 1 is 0.788 bits per heavy atom. The molecule has 3 aromatic carbocycles. The maximum absolute atomic E-state index is 12.3. The molecule has 0 heterocycles. The van der Waals surface area contributed by atoms with Crippen LogP contribution in [-0.4, -0.2) is 42.3 Å². The summed E-state index contributed by atoms with van der Waals surface area (Å²) in [5.41, 5.74) is 4.61. The minimum atomic E-state index is -0.144. The average molecular weight is 446 g/mol. The van der Waals surface area contributed by atoms with Gasteiger partial charge in [-0.2, -0.15) is 15.3 Å². The van der Waals surface area contributed by atoms with E-state index in [2.05, 4.69) is 20.5 Å². The zero-order valence-electron chi connectivity index (χ0n) is 18.7. The van der Waals surface area contributed by atoms with Crippen LogP contribution in [0.5, 0.6) is 0 Å². The highest BCUT2D eigenvalue weighted by Gasteiger charge is 2.15. The van der Waals surface area contributed by atoms with E-state index < -0.39 is 0 Å². The van der Waals surface area contributed by atoms with Gasteiger partial charge in [-0.25, -0.2) is 0 Å². The van der Waals surface area contributed by atoms with Crippen molar-refractivity contribution in [3.05, 3.63) is 77.9 Å². The lowest BCUT2D eigenvalue weighted by Gasteiger charge is -2.25. The van der Waals surface area contributed by atoms with Gasteiger partial charge in [-0.1, -0.05) is 18.2 Å². The number of ketones is 1. The van der Waals surface area contributed by atoms with Crippen LogP contribution < -0.4 is 4.90 Å². The second-order valence-corrected chi connectivity index (χ2v) is 7.40. The summed E-state index contributed by atoms with van der Waals surface area (Å²) in [4.78, 5) is 14.1.